The molecule has 0 aliphatic heterocycles. The van der Waals surface area contributed by atoms with Gasteiger partial charge in [-0.3, -0.25) is 0 Å². The number of nitrogens with zero attached hydrogens (tertiary/aromatic N) is 1. The summed E-state index contributed by atoms with van der Waals surface area (Å²) in [5.74, 6) is 1.20. The Balaban J connectivity index is 2.24. The van der Waals surface area contributed by atoms with Gasteiger partial charge in [0, 0.05) is 6.07 Å². The molecule has 3 nitrogen and oxygen atoms in total. The third kappa shape index (κ3) is 3.99. The van der Waals surface area contributed by atoms with Crippen molar-refractivity contribution in [3.8, 4) is 17.6 Å². The number of aryl methyl sites for hydroxylation is 1. The van der Waals surface area contributed by atoms with E-state index in [1.165, 1.54) is 5.56 Å². The average molecular weight is 346 g/mol. The lowest BCUT2D eigenvalue weighted by molar-refractivity contribution is 0.267. The molecule has 4 heteroatoms. The maximum absolute atomic E-state index is 9.02. The molecule has 0 aromatic heterocycles. The Morgan fingerprint density at radius 3 is 2.67 bits per heavy atom. The second kappa shape index (κ2) is 7.14. The van der Waals surface area contributed by atoms with Crippen molar-refractivity contribution < 1.29 is 9.47 Å². The molecule has 0 saturated heterocycles. The molecule has 0 radical (unpaired) electrons. The fourth-order valence-electron chi connectivity index (χ4n) is 1.99. The highest BCUT2D eigenvalue weighted by atomic mass is 79.9. The van der Waals surface area contributed by atoms with Crippen molar-refractivity contribution in [3.05, 3.63) is 57.6 Å². The first kappa shape index (κ1) is 15.4. The van der Waals surface area contributed by atoms with E-state index >= 15 is 0 Å². The van der Waals surface area contributed by atoms with Crippen LogP contribution >= 0.6 is 15.9 Å². The zero-order valence-corrected chi connectivity index (χ0v) is 13.6. The molecule has 108 valence electrons. The minimum Gasteiger partial charge on any atom is -0.490 e. The second-order valence-corrected chi connectivity index (χ2v) is 5.46. The van der Waals surface area contributed by atoms with Crippen molar-refractivity contribution in [3.63, 3.8) is 0 Å². The van der Waals surface area contributed by atoms with Gasteiger partial charge in [-0.05, 0) is 41.4 Å². The molecule has 0 atom stereocenters. The first-order valence-electron chi connectivity index (χ1n) is 6.68. The average Bonchev–Trinajstić information content (AvgIpc) is 2.46. The minimum absolute atomic E-state index is 0.451. The number of rotatable bonds is 5. The summed E-state index contributed by atoms with van der Waals surface area (Å²) < 4.78 is 12.2. The molecular weight excluding hydrogens is 330 g/mol. The molecule has 0 fully saturated rings. The third-order valence-electron chi connectivity index (χ3n) is 2.90. The number of ether oxygens (including phenoxy) is 2. The maximum atomic E-state index is 9.02. The van der Waals surface area contributed by atoms with Gasteiger partial charge in [0.2, 0.25) is 0 Å². The van der Waals surface area contributed by atoms with Crippen LogP contribution in [0.4, 0.5) is 0 Å². The van der Waals surface area contributed by atoms with E-state index in [0.717, 1.165) is 10.0 Å². The summed E-state index contributed by atoms with van der Waals surface area (Å²) in [5, 5.41) is 9.02. The van der Waals surface area contributed by atoms with Gasteiger partial charge in [-0.2, -0.15) is 5.26 Å². The van der Waals surface area contributed by atoms with Crippen molar-refractivity contribution in [2.24, 2.45) is 0 Å². The van der Waals surface area contributed by atoms with Crippen molar-refractivity contribution in [1.29, 1.82) is 5.26 Å². The van der Waals surface area contributed by atoms with E-state index in [-0.39, 0.29) is 0 Å². The molecule has 0 aliphatic carbocycles. The number of hydrogen-bond donors (Lipinski definition) is 0. The molecule has 0 amide bonds. The molecule has 0 saturated carbocycles. The van der Waals surface area contributed by atoms with Gasteiger partial charge in [-0.25, -0.2) is 0 Å². The largest absolute Gasteiger partial charge is 0.490 e. The first-order valence-corrected chi connectivity index (χ1v) is 7.48. The lowest BCUT2D eigenvalue weighted by Crippen LogP contribution is -2.01. The molecule has 0 spiro atoms. The summed E-state index contributed by atoms with van der Waals surface area (Å²) in [4.78, 5) is 0. The zero-order chi connectivity index (χ0) is 15.2. The quantitative estimate of drug-likeness (QED) is 0.794. The Hall–Kier alpha value is -1.99. The monoisotopic (exact) mass is 345 g/mol. The summed E-state index contributed by atoms with van der Waals surface area (Å²) in [6.07, 6.45) is 0. The van der Waals surface area contributed by atoms with Crippen molar-refractivity contribution in [1.82, 2.24) is 0 Å². The fourth-order valence-corrected chi connectivity index (χ4v) is 2.55. The Bertz CT molecular complexity index is 677. The van der Waals surface area contributed by atoms with Gasteiger partial charge in [0.15, 0.2) is 11.5 Å². The summed E-state index contributed by atoms with van der Waals surface area (Å²) in [5.41, 5.74) is 2.82. The molecule has 0 bridgehead atoms. The lowest BCUT2D eigenvalue weighted by atomic mass is 10.1. The molecule has 0 unspecified atom stereocenters. The van der Waals surface area contributed by atoms with Crippen molar-refractivity contribution in [2.75, 3.05) is 6.61 Å². The van der Waals surface area contributed by atoms with Crippen LogP contribution < -0.4 is 9.47 Å². The van der Waals surface area contributed by atoms with E-state index in [1.54, 1.807) is 12.1 Å². The normalized spacial score (nSPS) is 10.0. The van der Waals surface area contributed by atoms with Gasteiger partial charge in [0.1, 0.15) is 6.61 Å². The van der Waals surface area contributed by atoms with E-state index in [1.807, 2.05) is 32.0 Å². The van der Waals surface area contributed by atoms with Crippen molar-refractivity contribution in [2.45, 2.75) is 20.5 Å². The van der Waals surface area contributed by atoms with E-state index in [0.29, 0.717) is 30.3 Å². The Morgan fingerprint density at radius 2 is 2.00 bits per heavy atom. The van der Waals surface area contributed by atoms with Crippen LogP contribution in [0.1, 0.15) is 23.6 Å². The summed E-state index contributed by atoms with van der Waals surface area (Å²) in [7, 11) is 0. The van der Waals surface area contributed by atoms with Gasteiger partial charge < -0.3 is 9.47 Å². The minimum atomic E-state index is 0.451. The standard InChI is InChI=1S/C17H16BrNO2/c1-3-20-16-9-14(10-19)8-15(18)17(16)21-11-13-6-4-5-12(2)7-13/h4-9H,3,11H2,1-2H3. The number of halogens is 1. The number of hydrogen-bond acceptors (Lipinski definition) is 3. The van der Waals surface area contributed by atoms with Gasteiger partial charge in [0.25, 0.3) is 0 Å². The lowest BCUT2D eigenvalue weighted by Gasteiger charge is -2.14. The highest BCUT2D eigenvalue weighted by Crippen LogP contribution is 2.37. The topological polar surface area (TPSA) is 42.2 Å². The number of benzene rings is 2. The molecule has 0 heterocycles. The smallest absolute Gasteiger partial charge is 0.175 e. The number of nitriles is 1. The van der Waals surface area contributed by atoms with Gasteiger partial charge >= 0.3 is 0 Å². The predicted molar refractivity (Wildman–Crippen MR) is 85.5 cm³/mol. The molecule has 2 aromatic rings. The second-order valence-electron chi connectivity index (χ2n) is 4.61. The SMILES string of the molecule is CCOc1cc(C#N)cc(Br)c1OCc1cccc(C)c1. The Kier molecular flexibility index (Phi) is 5.24. The van der Waals surface area contributed by atoms with Crippen LogP contribution in [-0.2, 0) is 6.61 Å². The molecule has 2 aromatic carbocycles. The van der Waals surface area contributed by atoms with Gasteiger partial charge in [-0.1, -0.05) is 29.8 Å². The van der Waals surface area contributed by atoms with Crippen LogP contribution in [0.15, 0.2) is 40.9 Å². The summed E-state index contributed by atoms with van der Waals surface area (Å²) in [6, 6.07) is 13.7. The molecule has 0 N–H and O–H groups in total. The van der Waals surface area contributed by atoms with Crippen LogP contribution in [0.5, 0.6) is 11.5 Å². The van der Waals surface area contributed by atoms with Crippen LogP contribution in [0.25, 0.3) is 0 Å². The fraction of sp³-hybridized carbons (Fsp3) is 0.235. The molecule has 2 rings (SSSR count). The van der Waals surface area contributed by atoms with Crippen LogP contribution in [0.3, 0.4) is 0 Å². The van der Waals surface area contributed by atoms with E-state index in [9.17, 15) is 0 Å². The van der Waals surface area contributed by atoms with Gasteiger partial charge in [-0.15, -0.1) is 0 Å². The van der Waals surface area contributed by atoms with Gasteiger partial charge in [0.05, 0.1) is 22.7 Å². The van der Waals surface area contributed by atoms with E-state index < -0.39 is 0 Å². The molecular formula is C17H16BrNO2. The summed E-state index contributed by atoms with van der Waals surface area (Å²) >= 11 is 3.44. The van der Waals surface area contributed by atoms with Crippen LogP contribution in [0, 0.1) is 18.3 Å². The van der Waals surface area contributed by atoms with Crippen LogP contribution in [-0.4, -0.2) is 6.61 Å². The Morgan fingerprint density at radius 1 is 1.19 bits per heavy atom. The first-order chi connectivity index (χ1) is 10.1. The third-order valence-corrected chi connectivity index (χ3v) is 3.49. The highest BCUT2D eigenvalue weighted by Gasteiger charge is 2.12. The zero-order valence-electron chi connectivity index (χ0n) is 12.0. The molecule has 0 aliphatic rings. The van der Waals surface area contributed by atoms with Crippen molar-refractivity contribution >= 4 is 15.9 Å². The maximum Gasteiger partial charge on any atom is 0.175 e. The Labute approximate surface area is 133 Å². The summed E-state index contributed by atoms with van der Waals surface area (Å²) in [6.45, 7) is 4.92. The molecule has 21 heavy (non-hydrogen) atoms. The predicted octanol–water partition coefficient (Wildman–Crippen LogP) is 4.61. The van der Waals surface area contributed by atoms with Crippen LogP contribution in [0.2, 0.25) is 0 Å². The highest BCUT2D eigenvalue weighted by molar-refractivity contribution is 9.10. The van der Waals surface area contributed by atoms with E-state index in [2.05, 4.69) is 28.1 Å². The van der Waals surface area contributed by atoms with E-state index in [4.69, 9.17) is 14.7 Å².